The molecule has 1 aromatic rings. The van der Waals surface area contributed by atoms with Crippen LogP contribution in [0.4, 0.5) is 0 Å². The van der Waals surface area contributed by atoms with E-state index in [9.17, 15) is 8.42 Å². The molecule has 2 rings (SSSR count). The van der Waals surface area contributed by atoms with Crippen molar-refractivity contribution in [3.8, 4) is 0 Å². The number of aryl methyl sites for hydroxylation is 2. The predicted molar refractivity (Wildman–Crippen MR) is 141 cm³/mol. The molecule has 3 unspecified atom stereocenters. The summed E-state index contributed by atoms with van der Waals surface area (Å²) in [5.74, 6) is 3.72. The van der Waals surface area contributed by atoms with E-state index in [-0.39, 0.29) is 33.3 Å². The molecule has 0 saturated heterocycles. The van der Waals surface area contributed by atoms with Crippen LogP contribution < -0.4 is 0 Å². The standard InChI is InChI=1S/C14H28.C7H9N.C3H9O3PS.CH3.Pd/c1-10(2)12-8-7-11(3)9-13(12)14(4,5)6;1-6-4-3-5-7(2)8-6;1-7(2)3-8(4,5)6;;/h10-13H,7-9H2,1-6H3;3-5H,1-2H3;3H2,1-2H3,(H,4,5,6);1H3;/q;;;-1;/p+1. The number of pyridine rings is 1. The van der Waals surface area contributed by atoms with E-state index in [1.165, 1.54) is 19.3 Å². The molecule has 7 heteroatoms. The van der Waals surface area contributed by atoms with Gasteiger partial charge in [-0.2, -0.15) is 8.42 Å². The molecule has 194 valence electrons. The summed E-state index contributed by atoms with van der Waals surface area (Å²) in [5.41, 5.74) is 2.64. The van der Waals surface area contributed by atoms with Gasteiger partial charge in [0.15, 0.2) is 5.49 Å². The van der Waals surface area contributed by atoms with Crippen LogP contribution in [0.25, 0.3) is 0 Å². The fourth-order valence-corrected chi connectivity index (χ4v) is 7.16. The average Bonchev–Trinajstić information content (AvgIpc) is 2.52. The van der Waals surface area contributed by atoms with E-state index in [1.807, 2.05) is 45.4 Å². The molecule has 0 bridgehead atoms. The van der Waals surface area contributed by atoms with Gasteiger partial charge in [-0.1, -0.05) is 54.0 Å². The van der Waals surface area contributed by atoms with E-state index in [0.717, 1.165) is 35.1 Å². The molecule has 1 heterocycles. The van der Waals surface area contributed by atoms with Crippen LogP contribution >= 0.6 is 7.92 Å². The van der Waals surface area contributed by atoms with E-state index < -0.39 is 18.0 Å². The van der Waals surface area contributed by atoms with Gasteiger partial charge < -0.3 is 7.43 Å². The normalized spacial score (nSPS) is 20.7. The van der Waals surface area contributed by atoms with Crippen LogP contribution in [0.2, 0.25) is 0 Å². The van der Waals surface area contributed by atoms with Crippen LogP contribution in [0, 0.1) is 50.4 Å². The van der Waals surface area contributed by atoms with Crippen molar-refractivity contribution < 1.29 is 33.4 Å². The summed E-state index contributed by atoms with van der Waals surface area (Å²) < 4.78 is 28.2. The minimum atomic E-state index is -3.68. The minimum Gasteiger partial charge on any atom is -0.358 e. The molecule has 3 atom stereocenters. The fourth-order valence-electron chi connectivity index (χ4n) is 4.24. The van der Waals surface area contributed by atoms with Gasteiger partial charge in [0.25, 0.3) is 10.1 Å². The molecule has 0 aromatic carbocycles. The molecule has 0 spiro atoms. The first-order chi connectivity index (χ1) is 13.5. The molecule has 1 aliphatic rings. The Hall–Kier alpha value is 0.152. The number of nitrogens with zero attached hydrogens (tertiary/aromatic N) is 1. The maximum atomic E-state index is 10.0. The summed E-state index contributed by atoms with van der Waals surface area (Å²) in [6.07, 6.45) is 4.36. The Labute approximate surface area is 215 Å². The molecule has 4 nitrogen and oxygen atoms in total. The summed E-state index contributed by atoms with van der Waals surface area (Å²) in [6, 6.07) is 6.00. The van der Waals surface area contributed by atoms with E-state index in [2.05, 4.69) is 46.5 Å². The van der Waals surface area contributed by atoms with Gasteiger partial charge >= 0.3 is 0 Å². The van der Waals surface area contributed by atoms with Gasteiger partial charge in [-0.25, -0.2) is 0 Å². The second kappa shape index (κ2) is 16.7. The topological polar surface area (TPSA) is 67.3 Å². The first-order valence-electron chi connectivity index (χ1n) is 11.2. The average molecular weight is 582 g/mol. The van der Waals surface area contributed by atoms with E-state index >= 15 is 0 Å². The van der Waals surface area contributed by atoms with Crippen molar-refractivity contribution in [1.82, 2.24) is 4.98 Å². The van der Waals surface area contributed by atoms with Crippen molar-refractivity contribution in [3.63, 3.8) is 0 Å². The van der Waals surface area contributed by atoms with Gasteiger partial charge in [0.05, 0.1) is 0 Å². The van der Waals surface area contributed by atoms with Crippen molar-refractivity contribution in [2.45, 2.75) is 74.7 Å². The smallest absolute Gasteiger partial charge is 0.299 e. The number of rotatable bonds is 3. The third-order valence-corrected chi connectivity index (χ3v) is 9.40. The maximum Gasteiger partial charge on any atom is 0.299 e. The Morgan fingerprint density at radius 2 is 1.59 bits per heavy atom. The summed E-state index contributed by atoms with van der Waals surface area (Å²) in [4.78, 5) is 4.17. The second-order valence-electron chi connectivity index (χ2n) is 10.7. The first-order valence-corrected chi connectivity index (χ1v) is 15.5. The van der Waals surface area contributed by atoms with E-state index in [1.54, 1.807) is 0 Å². The zero-order valence-electron chi connectivity index (χ0n) is 22.3. The monoisotopic (exact) mass is 581 g/mol. The Bertz CT molecular complexity index is 701. The predicted octanol–water partition coefficient (Wildman–Crippen LogP) is 7.19. The van der Waals surface area contributed by atoms with Gasteiger partial charge in [0.1, 0.15) is 0 Å². The van der Waals surface area contributed by atoms with Crippen LogP contribution in [0.15, 0.2) is 18.2 Å². The van der Waals surface area contributed by atoms with Gasteiger partial charge in [-0.05, 0) is 67.9 Å². The molecule has 32 heavy (non-hydrogen) atoms. The van der Waals surface area contributed by atoms with E-state index in [4.69, 9.17) is 4.55 Å². The third-order valence-electron chi connectivity index (χ3n) is 5.63. The Morgan fingerprint density at radius 1 is 1.12 bits per heavy atom. The Balaban J connectivity index is -0.000000407. The number of hydrogen-bond donors (Lipinski definition) is 1. The quantitative estimate of drug-likeness (QED) is 0.177. The van der Waals surface area contributed by atoms with Crippen molar-refractivity contribution in [3.05, 3.63) is 37.0 Å². The van der Waals surface area contributed by atoms with Gasteiger partial charge in [-0.15, -0.1) is 0 Å². The van der Waals surface area contributed by atoms with Crippen molar-refractivity contribution in [2.75, 3.05) is 18.8 Å². The SMILES string of the molecule is CC1CCC(C(C)C)C(C(C)(C)C)C1.C[PH+](C)CS(=O)(=O)O.Cc1cccc(C)n1.[CH3-].[Pd]. The van der Waals surface area contributed by atoms with Crippen LogP contribution in [-0.2, 0) is 30.5 Å². The van der Waals surface area contributed by atoms with Gasteiger partial charge in [0, 0.05) is 53.1 Å². The minimum absolute atomic E-state index is 0. The van der Waals surface area contributed by atoms with Crippen LogP contribution in [0.3, 0.4) is 0 Å². The molecular formula is C25H50NO3PPdS. The summed E-state index contributed by atoms with van der Waals surface area (Å²) in [5, 5.41) is 0. The molecule has 1 saturated carbocycles. The van der Waals surface area contributed by atoms with Crippen LogP contribution in [-0.4, -0.2) is 36.8 Å². The van der Waals surface area contributed by atoms with Crippen molar-refractivity contribution in [2.24, 2.45) is 29.1 Å². The zero-order chi connectivity index (χ0) is 23.7. The van der Waals surface area contributed by atoms with Crippen molar-refractivity contribution in [1.29, 1.82) is 0 Å². The van der Waals surface area contributed by atoms with Crippen molar-refractivity contribution >= 4 is 18.0 Å². The van der Waals surface area contributed by atoms with Crippen LogP contribution in [0.5, 0.6) is 0 Å². The largest absolute Gasteiger partial charge is 0.358 e. The molecule has 1 aromatic heterocycles. The Kier molecular flexibility index (Phi) is 19.2. The molecule has 1 N–H and O–H groups in total. The second-order valence-corrected chi connectivity index (χ2v) is 15.4. The molecule has 0 radical (unpaired) electrons. The first kappa shape index (κ1) is 36.7. The van der Waals surface area contributed by atoms with Gasteiger partial charge in [-0.3, -0.25) is 9.54 Å². The number of aromatic nitrogens is 1. The third kappa shape index (κ3) is 17.6. The summed E-state index contributed by atoms with van der Waals surface area (Å²) in [6.45, 7) is 22.1. The summed E-state index contributed by atoms with van der Waals surface area (Å²) >= 11 is 0. The molecule has 1 fully saturated rings. The van der Waals surface area contributed by atoms with Gasteiger partial charge in [0.2, 0.25) is 0 Å². The maximum absolute atomic E-state index is 10.0. The fraction of sp³-hybridized carbons (Fsp3) is 0.760. The molecule has 0 amide bonds. The molecular weight excluding hydrogens is 532 g/mol. The Morgan fingerprint density at radius 3 is 1.84 bits per heavy atom. The zero-order valence-corrected chi connectivity index (χ0v) is 25.7. The van der Waals surface area contributed by atoms with Crippen LogP contribution in [0.1, 0.15) is 72.2 Å². The number of hydrogen-bond acceptors (Lipinski definition) is 3. The summed E-state index contributed by atoms with van der Waals surface area (Å²) in [7, 11) is -4.51. The molecule has 1 aliphatic carbocycles. The molecule has 0 aliphatic heterocycles. The van der Waals surface area contributed by atoms with E-state index in [0.29, 0.717) is 5.41 Å².